The van der Waals surface area contributed by atoms with Crippen LogP contribution >= 0.6 is 11.6 Å². The lowest BCUT2D eigenvalue weighted by Crippen LogP contribution is -2.12. The first-order valence-electron chi connectivity index (χ1n) is 5.58. The molecule has 0 aliphatic rings. The molecule has 1 aromatic carbocycles. The van der Waals surface area contributed by atoms with E-state index in [-0.39, 0.29) is 0 Å². The largest absolute Gasteiger partial charge is 0.496 e. The van der Waals surface area contributed by atoms with E-state index in [2.05, 4.69) is 20.8 Å². The molecule has 1 rings (SSSR count). The van der Waals surface area contributed by atoms with Crippen LogP contribution in [0.3, 0.4) is 0 Å². The van der Waals surface area contributed by atoms with Crippen molar-refractivity contribution in [1.82, 2.24) is 0 Å². The molecule has 0 saturated carbocycles. The summed E-state index contributed by atoms with van der Waals surface area (Å²) in [7, 11) is 1.68. The topological polar surface area (TPSA) is 35.2 Å². The molecule has 1 atom stereocenters. The molecule has 1 aromatic rings. The molecule has 2 nitrogen and oxygen atoms in total. The number of hydrogen-bond donors (Lipinski definition) is 1. The first-order chi connectivity index (χ1) is 7.51. The Morgan fingerprint density at radius 2 is 1.94 bits per heavy atom. The minimum atomic E-state index is 0.296. The third kappa shape index (κ3) is 2.69. The molecule has 0 fully saturated rings. The standard InChI is InChI=1S/C13H20ClNO/c1-8(2)13-11(9(3)7-15)5-10(14)6-12(13)16-4/h5-6,8-9H,7,15H2,1-4H3. The fourth-order valence-corrected chi connectivity index (χ4v) is 2.15. The predicted molar refractivity (Wildman–Crippen MR) is 69.6 cm³/mol. The van der Waals surface area contributed by atoms with Crippen LogP contribution in [-0.4, -0.2) is 13.7 Å². The predicted octanol–water partition coefficient (Wildman–Crippen LogP) is 3.53. The number of hydrogen-bond acceptors (Lipinski definition) is 2. The van der Waals surface area contributed by atoms with E-state index >= 15 is 0 Å². The van der Waals surface area contributed by atoms with E-state index in [9.17, 15) is 0 Å². The van der Waals surface area contributed by atoms with Crippen LogP contribution in [0.25, 0.3) is 0 Å². The smallest absolute Gasteiger partial charge is 0.124 e. The second kappa shape index (κ2) is 5.55. The molecule has 0 aromatic heterocycles. The van der Waals surface area contributed by atoms with Crippen LogP contribution in [0.1, 0.15) is 43.7 Å². The van der Waals surface area contributed by atoms with E-state index in [1.807, 2.05) is 12.1 Å². The number of ether oxygens (including phenoxy) is 1. The molecule has 0 bridgehead atoms. The molecule has 90 valence electrons. The maximum atomic E-state index is 6.09. The van der Waals surface area contributed by atoms with E-state index < -0.39 is 0 Å². The summed E-state index contributed by atoms with van der Waals surface area (Å²) in [4.78, 5) is 0. The van der Waals surface area contributed by atoms with Gasteiger partial charge in [-0.05, 0) is 36.1 Å². The Hall–Kier alpha value is -0.730. The Balaban J connectivity index is 3.38. The third-order valence-corrected chi connectivity index (χ3v) is 3.04. The SMILES string of the molecule is COc1cc(Cl)cc(C(C)CN)c1C(C)C. The molecule has 1 unspecified atom stereocenters. The second-order valence-electron chi connectivity index (χ2n) is 4.40. The van der Waals surface area contributed by atoms with Gasteiger partial charge in [0.15, 0.2) is 0 Å². The summed E-state index contributed by atoms with van der Waals surface area (Å²) < 4.78 is 5.40. The highest BCUT2D eigenvalue weighted by atomic mass is 35.5. The van der Waals surface area contributed by atoms with Crippen molar-refractivity contribution in [1.29, 1.82) is 0 Å². The van der Waals surface area contributed by atoms with Crippen molar-refractivity contribution in [2.75, 3.05) is 13.7 Å². The van der Waals surface area contributed by atoms with Gasteiger partial charge < -0.3 is 10.5 Å². The van der Waals surface area contributed by atoms with Gasteiger partial charge in [-0.1, -0.05) is 32.4 Å². The quantitative estimate of drug-likeness (QED) is 0.875. The van der Waals surface area contributed by atoms with E-state index in [4.69, 9.17) is 22.1 Å². The van der Waals surface area contributed by atoms with Crippen LogP contribution in [0.4, 0.5) is 0 Å². The molecule has 16 heavy (non-hydrogen) atoms. The van der Waals surface area contributed by atoms with Gasteiger partial charge in [-0.15, -0.1) is 0 Å². The van der Waals surface area contributed by atoms with Crippen LogP contribution in [0.2, 0.25) is 5.02 Å². The second-order valence-corrected chi connectivity index (χ2v) is 4.84. The van der Waals surface area contributed by atoms with Gasteiger partial charge in [0, 0.05) is 10.6 Å². The van der Waals surface area contributed by atoms with Crippen molar-refractivity contribution in [2.45, 2.75) is 32.6 Å². The fourth-order valence-electron chi connectivity index (χ4n) is 1.93. The lowest BCUT2D eigenvalue weighted by molar-refractivity contribution is 0.406. The molecule has 0 aliphatic carbocycles. The third-order valence-electron chi connectivity index (χ3n) is 2.82. The van der Waals surface area contributed by atoms with Gasteiger partial charge in [0.05, 0.1) is 7.11 Å². The van der Waals surface area contributed by atoms with Crippen LogP contribution in [0, 0.1) is 0 Å². The van der Waals surface area contributed by atoms with Crippen LogP contribution in [0.5, 0.6) is 5.75 Å². The number of nitrogens with two attached hydrogens (primary N) is 1. The maximum absolute atomic E-state index is 6.09. The fraction of sp³-hybridized carbons (Fsp3) is 0.538. The van der Waals surface area contributed by atoms with Gasteiger partial charge in [-0.3, -0.25) is 0 Å². The number of benzene rings is 1. The molecule has 0 saturated heterocycles. The zero-order valence-electron chi connectivity index (χ0n) is 10.4. The van der Waals surface area contributed by atoms with Crippen molar-refractivity contribution in [3.63, 3.8) is 0 Å². The number of methoxy groups -OCH3 is 1. The molecule has 0 aliphatic heterocycles. The van der Waals surface area contributed by atoms with Crippen molar-refractivity contribution in [2.24, 2.45) is 5.73 Å². The first-order valence-corrected chi connectivity index (χ1v) is 5.96. The van der Waals surface area contributed by atoms with Gasteiger partial charge in [0.2, 0.25) is 0 Å². The van der Waals surface area contributed by atoms with Crippen LogP contribution < -0.4 is 10.5 Å². The van der Waals surface area contributed by atoms with Gasteiger partial charge in [-0.25, -0.2) is 0 Å². The lowest BCUT2D eigenvalue weighted by Gasteiger charge is -2.21. The summed E-state index contributed by atoms with van der Waals surface area (Å²) >= 11 is 6.09. The van der Waals surface area contributed by atoms with E-state index in [0.717, 1.165) is 5.75 Å². The molecule has 3 heteroatoms. The summed E-state index contributed by atoms with van der Waals surface area (Å²) in [6, 6.07) is 3.86. The van der Waals surface area contributed by atoms with Gasteiger partial charge in [0.1, 0.15) is 5.75 Å². The first kappa shape index (κ1) is 13.3. The molecule has 0 spiro atoms. The van der Waals surface area contributed by atoms with Crippen molar-refractivity contribution < 1.29 is 4.74 Å². The van der Waals surface area contributed by atoms with Gasteiger partial charge in [0.25, 0.3) is 0 Å². The van der Waals surface area contributed by atoms with Crippen molar-refractivity contribution in [3.05, 3.63) is 28.3 Å². The van der Waals surface area contributed by atoms with Gasteiger partial charge >= 0.3 is 0 Å². The Morgan fingerprint density at radius 3 is 2.38 bits per heavy atom. The lowest BCUT2D eigenvalue weighted by atomic mass is 9.89. The summed E-state index contributed by atoms with van der Waals surface area (Å²) in [5.41, 5.74) is 8.14. The minimum Gasteiger partial charge on any atom is -0.496 e. The zero-order valence-corrected chi connectivity index (χ0v) is 11.1. The minimum absolute atomic E-state index is 0.296. The molecule has 2 N–H and O–H groups in total. The summed E-state index contributed by atoms with van der Waals surface area (Å²) in [6.45, 7) is 7.02. The van der Waals surface area contributed by atoms with Crippen molar-refractivity contribution in [3.8, 4) is 5.75 Å². The zero-order chi connectivity index (χ0) is 12.3. The average Bonchev–Trinajstić information content (AvgIpc) is 2.26. The Bertz CT molecular complexity index is 363. The summed E-state index contributed by atoms with van der Waals surface area (Å²) in [6.07, 6.45) is 0. The molecular formula is C13H20ClNO. The highest BCUT2D eigenvalue weighted by Crippen LogP contribution is 2.36. The van der Waals surface area contributed by atoms with E-state index in [1.54, 1.807) is 7.11 Å². The number of rotatable bonds is 4. The highest BCUT2D eigenvalue weighted by molar-refractivity contribution is 6.30. The summed E-state index contributed by atoms with van der Waals surface area (Å²) in [5.74, 6) is 1.55. The van der Waals surface area contributed by atoms with E-state index in [0.29, 0.717) is 23.4 Å². The molecule has 0 heterocycles. The molecular weight excluding hydrogens is 222 g/mol. The Morgan fingerprint density at radius 1 is 1.31 bits per heavy atom. The highest BCUT2D eigenvalue weighted by Gasteiger charge is 2.17. The summed E-state index contributed by atoms with van der Waals surface area (Å²) in [5, 5.41) is 0.705. The monoisotopic (exact) mass is 241 g/mol. The van der Waals surface area contributed by atoms with Crippen LogP contribution in [0.15, 0.2) is 12.1 Å². The van der Waals surface area contributed by atoms with Gasteiger partial charge in [-0.2, -0.15) is 0 Å². The molecule has 0 radical (unpaired) electrons. The maximum Gasteiger partial charge on any atom is 0.124 e. The Labute approximate surface area is 103 Å². The average molecular weight is 242 g/mol. The normalized spacial score (nSPS) is 12.9. The Kier molecular flexibility index (Phi) is 4.63. The molecule has 0 amide bonds. The van der Waals surface area contributed by atoms with Crippen molar-refractivity contribution >= 4 is 11.6 Å². The van der Waals surface area contributed by atoms with E-state index in [1.165, 1.54) is 11.1 Å². The number of halogens is 1. The van der Waals surface area contributed by atoms with Crippen LogP contribution in [-0.2, 0) is 0 Å².